The monoisotopic (exact) mass is 268 g/mol. The second-order valence-electron chi connectivity index (χ2n) is 5.56. The van der Waals surface area contributed by atoms with E-state index in [1.165, 1.54) is 0 Å². The molecule has 1 aromatic carbocycles. The third kappa shape index (κ3) is 4.87. The van der Waals surface area contributed by atoms with Gasteiger partial charge in [-0.15, -0.1) is 0 Å². The van der Waals surface area contributed by atoms with Crippen molar-refractivity contribution in [1.82, 2.24) is 0 Å². The van der Waals surface area contributed by atoms with E-state index in [1.54, 1.807) is 24.3 Å². The molecule has 0 aliphatic carbocycles. The van der Waals surface area contributed by atoms with Crippen LogP contribution in [-0.2, 0) is 9.84 Å². The van der Waals surface area contributed by atoms with Gasteiger partial charge in [-0.25, -0.2) is 8.42 Å². The molecule has 0 bridgehead atoms. The molecule has 0 unspecified atom stereocenters. The number of benzene rings is 1. The zero-order valence-corrected chi connectivity index (χ0v) is 12.5. The van der Waals surface area contributed by atoms with Crippen LogP contribution in [0.3, 0.4) is 0 Å². The third-order valence-corrected chi connectivity index (χ3v) is 5.62. The van der Waals surface area contributed by atoms with Crippen molar-refractivity contribution in [3.63, 3.8) is 0 Å². The summed E-state index contributed by atoms with van der Waals surface area (Å²) in [7, 11) is -4.49. The molecule has 0 N–H and O–H groups in total. The van der Waals surface area contributed by atoms with Crippen molar-refractivity contribution in [1.29, 1.82) is 0 Å². The van der Waals surface area contributed by atoms with Crippen LogP contribution in [0.1, 0.15) is 0 Å². The Labute approximate surface area is 105 Å². The zero-order valence-electron chi connectivity index (χ0n) is 10.7. The molecule has 0 aliphatic rings. The normalized spacial score (nSPS) is 12.4. The summed E-state index contributed by atoms with van der Waals surface area (Å²) < 4.78 is 24.2. The highest BCUT2D eigenvalue weighted by atomic mass is 32.2. The van der Waals surface area contributed by atoms with E-state index in [1.807, 2.05) is 6.07 Å². The summed E-state index contributed by atoms with van der Waals surface area (Å²) in [5.41, 5.74) is 0.827. The summed E-state index contributed by atoms with van der Waals surface area (Å²) in [6.45, 7) is 10.6. The van der Waals surface area contributed by atoms with Gasteiger partial charge in [0.15, 0.2) is 9.84 Å². The molecular weight excluding hydrogens is 248 g/mol. The van der Waals surface area contributed by atoms with Crippen molar-refractivity contribution in [2.24, 2.45) is 0 Å². The summed E-state index contributed by atoms with van der Waals surface area (Å²) >= 11 is 0. The van der Waals surface area contributed by atoms with Crippen LogP contribution in [0.4, 0.5) is 0 Å². The Bertz CT molecular complexity index is 484. The molecule has 1 aromatic rings. The van der Waals surface area contributed by atoms with Gasteiger partial charge in [0.2, 0.25) is 0 Å². The maximum Gasteiger partial charge on any atom is 0.182 e. The van der Waals surface area contributed by atoms with Crippen molar-refractivity contribution in [2.45, 2.75) is 30.6 Å². The summed E-state index contributed by atoms with van der Waals surface area (Å²) in [5, 5.41) is 0. The van der Waals surface area contributed by atoms with E-state index in [4.69, 9.17) is 0 Å². The first-order chi connectivity index (χ1) is 7.71. The molecule has 0 spiro atoms. The van der Waals surface area contributed by atoms with Gasteiger partial charge < -0.3 is 0 Å². The van der Waals surface area contributed by atoms with Gasteiger partial charge >= 0.3 is 0 Å². The van der Waals surface area contributed by atoms with E-state index < -0.39 is 17.9 Å². The van der Waals surface area contributed by atoms with Crippen molar-refractivity contribution in [2.75, 3.05) is 5.75 Å². The predicted molar refractivity (Wildman–Crippen MR) is 75.8 cm³/mol. The van der Waals surface area contributed by atoms with Gasteiger partial charge in [-0.2, -0.15) is 0 Å². The summed E-state index contributed by atoms with van der Waals surface area (Å²) in [6.07, 6.45) is 0. The average Bonchev–Trinajstić information content (AvgIpc) is 2.15. The Morgan fingerprint density at radius 3 is 2.18 bits per heavy atom. The highest BCUT2D eigenvalue weighted by Gasteiger charge is 2.20. The SMILES string of the molecule is C=C(C[Si](C)(C)C)CS(=O)(=O)c1ccccc1. The summed E-state index contributed by atoms with van der Waals surface area (Å²) in [6, 6.07) is 9.44. The first kappa shape index (κ1) is 14.2. The van der Waals surface area contributed by atoms with Crippen molar-refractivity contribution < 1.29 is 8.42 Å². The minimum atomic E-state index is -3.21. The van der Waals surface area contributed by atoms with E-state index in [9.17, 15) is 8.42 Å². The van der Waals surface area contributed by atoms with E-state index >= 15 is 0 Å². The maximum absolute atomic E-state index is 12.1. The molecule has 94 valence electrons. The third-order valence-electron chi connectivity index (χ3n) is 2.28. The Hall–Kier alpha value is -0.873. The molecule has 17 heavy (non-hydrogen) atoms. The molecule has 0 amide bonds. The highest BCUT2D eigenvalue weighted by molar-refractivity contribution is 7.91. The summed E-state index contributed by atoms with van der Waals surface area (Å²) in [5.74, 6) is 0.0707. The standard InChI is InChI=1S/C13H20O2SSi/c1-12(11-17(2,3)4)10-16(14,15)13-8-6-5-7-9-13/h5-9H,1,10-11H2,2-4H3. The Balaban J connectivity index is 2.79. The predicted octanol–water partition coefficient (Wildman–Crippen LogP) is 3.35. The van der Waals surface area contributed by atoms with E-state index in [2.05, 4.69) is 26.2 Å². The number of rotatable bonds is 5. The fourth-order valence-corrected chi connectivity index (χ4v) is 4.97. The molecule has 4 heteroatoms. The van der Waals surface area contributed by atoms with Crippen LogP contribution in [-0.4, -0.2) is 22.2 Å². The molecule has 0 aliphatic heterocycles. The molecule has 0 atom stereocenters. The van der Waals surface area contributed by atoms with Crippen LogP contribution in [0.15, 0.2) is 47.4 Å². The molecule has 0 saturated heterocycles. The number of hydrogen-bond acceptors (Lipinski definition) is 2. The Kier molecular flexibility index (Phi) is 4.33. The molecule has 0 fully saturated rings. The second kappa shape index (κ2) is 5.19. The Morgan fingerprint density at radius 1 is 1.18 bits per heavy atom. The minimum absolute atomic E-state index is 0.0707. The van der Waals surface area contributed by atoms with Gasteiger partial charge in [-0.05, 0) is 18.2 Å². The largest absolute Gasteiger partial charge is 0.223 e. The summed E-state index contributed by atoms with van der Waals surface area (Å²) in [4.78, 5) is 0.386. The lowest BCUT2D eigenvalue weighted by Gasteiger charge is -2.17. The van der Waals surface area contributed by atoms with Crippen LogP contribution in [0, 0.1) is 0 Å². The molecule has 0 heterocycles. The lowest BCUT2D eigenvalue weighted by atomic mass is 10.4. The second-order valence-corrected chi connectivity index (χ2v) is 13.0. The van der Waals surface area contributed by atoms with Crippen LogP contribution < -0.4 is 0 Å². The minimum Gasteiger partial charge on any atom is -0.223 e. The lowest BCUT2D eigenvalue weighted by Crippen LogP contribution is -2.22. The van der Waals surface area contributed by atoms with Gasteiger partial charge in [0.1, 0.15) is 0 Å². The molecule has 1 rings (SSSR count). The van der Waals surface area contributed by atoms with Gasteiger partial charge in [0, 0.05) is 8.07 Å². The van der Waals surface area contributed by atoms with E-state index in [0.29, 0.717) is 4.90 Å². The first-order valence-electron chi connectivity index (χ1n) is 5.65. The highest BCUT2D eigenvalue weighted by Crippen LogP contribution is 2.19. The molecule has 0 saturated carbocycles. The fourth-order valence-electron chi connectivity index (χ4n) is 1.78. The zero-order chi connectivity index (χ0) is 13.1. The van der Waals surface area contributed by atoms with Crippen LogP contribution in [0.2, 0.25) is 25.7 Å². The van der Waals surface area contributed by atoms with E-state index in [-0.39, 0.29) is 5.75 Å². The fraction of sp³-hybridized carbons (Fsp3) is 0.385. The van der Waals surface area contributed by atoms with E-state index in [0.717, 1.165) is 11.6 Å². The smallest absolute Gasteiger partial charge is 0.182 e. The van der Waals surface area contributed by atoms with Crippen LogP contribution in [0.5, 0.6) is 0 Å². The van der Waals surface area contributed by atoms with Gasteiger partial charge in [0.05, 0.1) is 10.6 Å². The van der Waals surface area contributed by atoms with Crippen LogP contribution >= 0.6 is 0 Å². The molecular formula is C13H20O2SSi. The average molecular weight is 268 g/mol. The van der Waals surface area contributed by atoms with Crippen molar-refractivity contribution >= 4 is 17.9 Å². The topological polar surface area (TPSA) is 34.1 Å². The van der Waals surface area contributed by atoms with Gasteiger partial charge in [-0.3, -0.25) is 0 Å². The van der Waals surface area contributed by atoms with Gasteiger partial charge in [-0.1, -0.05) is 50.0 Å². The number of sulfone groups is 1. The molecule has 0 radical (unpaired) electrons. The maximum atomic E-state index is 12.1. The number of hydrogen-bond donors (Lipinski definition) is 0. The molecule has 2 nitrogen and oxygen atoms in total. The van der Waals surface area contributed by atoms with Gasteiger partial charge in [0.25, 0.3) is 0 Å². The Morgan fingerprint density at radius 2 is 1.71 bits per heavy atom. The first-order valence-corrected chi connectivity index (χ1v) is 11.0. The lowest BCUT2D eigenvalue weighted by molar-refractivity contribution is 0.598. The molecule has 0 aromatic heterocycles. The quantitative estimate of drug-likeness (QED) is 0.606. The van der Waals surface area contributed by atoms with Crippen LogP contribution in [0.25, 0.3) is 0 Å². The van der Waals surface area contributed by atoms with Crippen molar-refractivity contribution in [3.05, 3.63) is 42.5 Å². The van der Waals surface area contributed by atoms with Crippen molar-refractivity contribution in [3.8, 4) is 0 Å².